The highest BCUT2D eigenvalue weighted by Crippen LogP contribution is 2.34. The Balaban J connectivity index is 2.63. The van der Waals surface area contributed by atoms with Crippen LogP contribution in [0.5, 0.6) is 0 Å². The van der Waals surface area contributed by atoms with Gasteiger partial charge in [0.1, 0.15) is 0 Å². The fourth-order valence-electron chi connectivity index (χ4n) is 1.67. The number of hydrogen-bond acceptors (Lipinski definition) is 2. The van der Waals surface area contributed by atoms with E-state index in [0.717, 1.165) is 16.9 Å². The van der Waals surface area contributed by atoms with E-state index in [1.54, 1.807) is 6.34 Å². The van der Waals surface area contributed by atoms with Gasteiger partial charge in [-0.25, -0.2) is 4.99 Å². The minimum absolute atomic E-state index is 0.494. The molecular formula is C12H14N2. The zero-order valence-corrected chi connectivity index (χ0v) is 8.54. The molecule has 14 heavy (non-hydrogen) atoms. The molecule has 1 aromatic carbocycles. The first-order valence-corrected chi connectivity index (χ1v) is 4.81. The summed E-state index contributed by atoms with van der Waals surface area (Å²) in [5.74, 6) is 0.494. The summed E-state index contributed by atoms with van der Waals surface area (Å²) in [7, 11) is 0. The predicted octanol–water partition coefficient (Wildman–Crippen LogP) is 3.04. The summed E-state index contributed by atoms with van der Waals surface area (Å²) < 4.78 is 0. The van der Waals surface area contributed by atoms with E-state index in [1.165, 1.54) is 5.56 Å². The van der Waals surface area contributed by atoms with E-state index in [-0.39, 0.29) is 0 Å². The Morgan fingerprint density at radius 1 is 1.36 bits per heavy atom. The standard InChI is InChI=1S/C12H14N2/c1-8(2)10-5-4-6-11-9(3)13-7-14-12(10)11/h4-8H,3H2,1-2H3,(H,13,14). The molecule has 1 aliphatic heterocycles. The van der Waals surface area contributed by atoms with E-state index in [2.05, 4.69) is 42.9 Å². The second-order valence-corrected chi connectivity index (χ2v) is 3.78. The van der Waals surface area contributed by atoms with E-state index in [9.17, 15) is 0 Å². The fraction of sp³-hybridized carbons (Fsp3) is 0.250. The van der Waals surface area contributed by atoms with E-state index >= 15 is 0 Å². The number of fused-ring (bicyclic) bond motifs is 1. The Morgan fingerprint density at radius 2 is 2.14 bits per heavy atom. The van der Waals surface area contributed by atoms with Crippen molar-refractivity contribution in [1.29, 1.82) is 0 Å². The van der Waals surface area contributed by atoms with Crippen LogP contribution in [-0.2, 0) is 0 Å². The summed E-state index contributed by atoms with van der Waals surface area (Å²) >= 11 is 0. The molecule has 1 heterocycles. The molecule has 0 unspecified atom stereocenters. The number of benzene rings is 1. The molecule has 0 atom stereocenters. The van der Waals surface area contributed by atoms with Gasteiger partial charge in [0.15, 0.2) is 0 Å². The topological polar surface area (TPSA) is 24.4 Å². The second-order valence-electron chi connectivity index (χ2n) is 3.78. The second kappa shape index (κ2) is 3.29. The van der Waals surface area contributed by atoms with Crippen LogP contribution < -0.4 is 5.32 Å². The predicted molar refractivity (Wildman–Crippen MR) is 60.9 cm³/mol. The average molecular weight is 186 g/mol. The highest BCUT2D eigenvalue weighted by atomic mass is 15.0. The van der Waals surface area contributed by atoms with Crippen molar-refractivity contribution in [2.24, 2.45) is 4.99 Å². The van der Waals surface area contributed by atoms with Gasteiger partial charge in [-0.05, 0) is 11.5 Å². The Kier molecular flexibility index (Phi) is 2.12. The SMILES string of the molecule is C=C1NC=Nc2c1cccc2C(C)C. The Labute approximate surface area is 84.4 Å². The molecule has 72 valence electrons. The third kappa shape index (κ3) is 1.33. The van der Waals surface area contributed by atoms with Gasteiger partial charge in [0.25, 0.3) is 0 Å². The summed E-state index contributed by atoms with van der Waals surface area (Å²) in [6.07, 6.45) is 1.70. The molecule has 2 heteroatoms. The number of nitrogens with one attached hydrogen (secondary N) is 1. The fourth-order valence-corrected chi connectivity index (χ4v) is 1.67. The number of para-hydroxylation sites is 1. The molecule has 0 amide bonds. The molecule has 0 saturated heterocycles. The smallest absolute Gasteiger partial charge is 0.0930 e. The van der Waals surface area contributed by atoms with Crippen LogP contribution in [0.25, 0.3) is 5.70 Å². The Morgan fingerprint density at radius 3 is 2.86 bits per heavy atom. The van der Waals surface area contributed by atoms with Crippen molar-refractivity contribution in [1.82, 2.24) is 5.32 Å². The van der Waals surface area contributed by atoms with Gasteiger partial charge < -0.3 is 5.32 Å². The zero-order chi connectivity index (χ0) is 10.1. The third-order valence-corrected chi connectivity index (χ3v) is 2.45. The van der Waals surface area contributed by atoms with Gasteiger partial charge in [0, 0.05) is 11.3 Å². The third-order valence-electron chi connectivity index (χ3n) is 2.45. The molecule has 0 fully saturated rings. The van der Waals surface area contributed by atoms with Crippen molar-refractivity contribution in [2.75, 3.05) is 0 Å². The number of nitrogens with zero attached hydrogens (tertiary/aromatic N) is 1. The van der Waals surface area contributed by atoms with Gasteiger partial charge in [0.05, 0.1) is 12.0 Å². The van der Waals surface area contributed by atoms with Crippen LogP contribution in [0.3, 0.4) is 0 Å². The maximum Gasteiger partial charge on any atom is 0.0930 e. The molecule has 0 saturated carbocycles. The van der Waals surface area contributed by atoms with Crippen molar-refractivity contribution in [3.05, 3.63) is 35.9 Å². The van der Waals surface area contributed by atoms with E-state index in [4.69, 9.17) is 0 Å². The maximum atomic E-state index is 4.37. The zero-order valence-electron chi connectivity index (χ0n) is 8.54. The van der Waals surface area contributed by atoms with Crippen LogP contribution in [0.15, 0.2) is 29.8 Å². The summed E-state index contributed by atoms with van der Waals surface area (Å²) in [5.41, 5.74) is 4.38. The summed E-state index contributed by atoms with van der Waals surface area (Å²) in [6, 6.07) is 6.23. The quantitative estimate of drug-likeness (QED) is 0.716. The minimum Gasteiger partial charge on any atom is -0.346 e. The normalized spacial score (nSPS) is 14.1. The lowest BCUT2D eigenvalue weighted by Crippen LogP contribution is -2.13. The largest absolute Gasteiger partial charge is 0.346 e. The van der Waals surface area contributed by atoms with E-state index in [0.29, 0.717) is 5.92 Å². The number of hydrogen-bond donors (Lipinski definition) is 1. The molecule has 1 N–H and O–H groups in total. The van der Waals surface area contributed by atoms with Crippen molar-refractivity contribution >= 4 is 17.7 Å². The van der Waals surface area contributed by atoms with Crippen molar-refractivity contribution in [3.8, 4) is 0 Å². The number of rotatable bonds is 1. The van der Waals surface area contributed by atoms with Crippen LogP contribution in [0.4, 0.5) is 5.69 Å². The van der Waals surface area contributed by atoms with Gasteiger partial charge in [-0.15, -0.1) is 0 Å². The highest BCUT2D eigenvalue weighted by molar-refractivity contribution is 5.87. The van der Waals surface area contributed by atoms with Crippen LogP contribution in [0, 0.1) is 0 Å². The first-order valence-electron chi connectivity index (χ1n) is 4.81. The monoisotopic (exact) mass is 186 g/mol. The molecule has 2 rings (SSSR count). The molecule has 0 aliphatic carbocycles. The molecule has 0 bridgehead atoms. The summed E-state index contributed by atoms with van der Waals surface area (Å²) in [4.78, 5) is 4.37. The van der Waals surface area contributed by atoms with Crippen molar-refractivity contribution < 1.29 is 0 Å². The Hall–Kier alpha value is -1.57. The first kappa shape index (κ1) is 9.00. The van der Waals surface area contributed by atoms with E-state index < -0.39 is 0 Å². The molecule has 2 nitrogen and oxygen atoms in total. The summed E-state index contributed by atoms with van der Waals surface area (Å²) in [5, 5.41) is 3.02. The molecule has 0 aromatic heterocycles. The van der Waals surface area contributed by atoms with Gasteiger partial charge in [-0.2, -0.15) is 0 Å². The van der Waals surface area contributed by atoms with Crippen molar-refractivity contribution in [2.45, 2.75) is 19.8 Å². The highest BCUT2D eigenvalue weighted by Gasteiger charge is 2.14. The van der Waals surface area contributed by atoms with Gasteiger partial charge in [0.2, 0.25) is 0 Å². The van der Waals surface area contributed by atoms with Crippen LogP contribution in [0.1, 0.15) is 30.9 Å². The molecule has 0 radical (unpaired) electrons. The average Bonchev–Trinajstić information content (AvgIpc) is 2.17. The Bertz CT molecular complexity index is 403. The minimum atomic E-state index is 0.494. The lowest BCUT2D eigenvalue weighted by atomic mass is 9.96. The van der Waals surface area contributed by atoms with Crippen LogP contribution >= 0.6 is 0 Å². The summed E-state index contributed by atoms with van der Waals surface area (Å²) in [6.45, 7) is 8.31. The van der Waals surface area contributed by atoms with Crippen molar-refractivity contribution in [3.63, 3.8) is 0 Å². The molecule has 1 aromatic rings. The van der Waals surface area contributed by atoms with Crippen LogP contribution in [0.2, 0.25) is 0 Å². The molecule has 0 spiro atoms. The van der Waals surface area contributed by atoms with E-state index in [1.807, 2.05) is 6.07 Å². The van der Waals surface area contributed by atoms with Gasteiger partial charge >= 0.3 is 0 Å². The lowest BCUT2D eigenvalue weighted by molar-refractivity contribution is 0.865. The van der Waals surface area contributed by atoms with Crippen LogP contribution in [-0.4, -0.2) is 6.34 Å². The molecular weight excluding hydrogens is 172 g/mol. The lowest BCUT2D eigenvalue weighted by Gasteiger charge is -2.18. The molecule has 1 aliphatic rings. The first-order chi connectivity index (χ1) is 6.70. The van der Waals surface area contributed by atoms with Gasteiger partial charge in [-0.1, -0.05) is 38.6 Å². The maximum absolute atomic E-state index is 4.37. The van der Waals surface area contributed by atoms with Gasteiger partial charge in [-0.3, -0.25) is 0 Å². The number of aliphatic imine (C=N–C) groups is 1.